The van der Waals surface area contributed by atoms with Crippen LogP contribution in [0.1, 0.15) is 11.6 Å². The molecule has 1 unspecified atom stereocenters. The number of carboxylic acid groups (broad SMARTS) is 1. The van der Waals surface area contributed by atoms with Gasteiger partial charge in [0.2, 0.25) is 0 Å². The SMILES string of the molecule is NC(C(=O)O)c1cnc(Cl)c(F)c1. The summed E-state index contributed by atoms with van der Waals surface area (Å²) in [7, 11) is 0. The molecule has 1 aromatic heterocycles. The van der Waals surface area contributed by atoms with E-state index in [1.54, 1.807) is 0 Å². The van der Waals surface area contributed by atoms with E-state index in [4.69, 9.17) is 22.4 Å². The molecule has 0 aliphatic rings. The maximum Gasteiger partial charge on any atom is 0.325 e. The largest absolute Gasteiger partial charge is 0.480 e. The molecular formula is C7H6ClFN2O2. The second kappa shape index (κ2) is 3.68. The first-order valence-corrected chi connectivity index (χ1v) is 3.69. The molecule has 13 heavy (non-hydrogen) atoms. The summed E-state index contributed by atoms with van der Waals surface area (Å²) in [6, 6.07) is -0.326. The first kappa shape index (κ1) is 9.88. The van der Waals surface area contributed by atoms with Crippen LogP contribution in [0.2, 0.25) is 5.15 Å². The number of carbonyl (C=O) groups is 1. The summed E-state index contributed by atoms with van der Waals surface area (Å²) in [5.41, 5.74) is 5.29. The van der Waals surface area contributed by atoms with Gasteiger partial charge < -0.3 is 10.8 Å². The van der Waals surface area contributed by atoms with Crippen LogP contribution in [0.3, 0.4) is 0 Å². The van der Waals surface area contributed by atoms with Crippen LogP contribution in [-0.4, -0.2) is 16.1 Å². The smallest absolute Gasteiger partial charge is 0.325 e. The molecule has 0 bridgehead atoms. The van der Waals surface area contributed by atoms with E-state index in [1.807, 2.05) is 0 Å². The van der Waals surface area contributed by atoms with Gasteiger partial charge in [-0.3, -0.25) is 4.79 Å². The molecule has 0 amide bonds. The van der Waals surface area contributed by atoms with Crippen LogP contribution < -0.4 is 5.73 Å². The first-order chi connectivity index (χ1) is 6.02. The predicted molar refractivity (Wildman–Crippen MR) is 43.8 cm³/mol. The lowest BCUT2D eigenvalue weighted by Gasteiger charge is -2.05. The lowest BCUT2D eigenvalue weighted by Crippen LogP contribution is -2.20. The van der Waals surface area contributed by atoms with Crippen molar-refractivity contribution in [3.05, 3.63) is 28.8 Å². The number of halogens is 2. The van der Waals surface area contributed by atoms with E-state index in [0.29, 0.717) is 0 Å². The highest BCUT2D eigenvalue weighted by Crippen LogP contribution is 2.16. The van der Waals surface area contributed by atoms with E-state index in [9.17, 15) is 9.18 Å². The van der Waals surface area contributed by atoms with Gasteiger partial charge in [0, 0.05) is 11.8 Å². The topological polar surface area (TPSA) is 76.2 Å². The summed E-state index contributed by atoms with van der Waals surface area (Å²) in [4.78, 5) is 13.8. The summed E-state index contributed by atoms with van der Waals surface area (Å²) < 4.78 is 12.8. The van der Waals surface area contributed by atoms with E-state index < -0.39 is 17.8 Å². The Hall–Kier alpha value is -1.20. The second-order valence-electron chi connectivity index (χ2n) is 2.36. The third-order valence-corrected chi connectivity index (χ3v) is 1.72. The molecular weight excluding hydrogens is 199 g/mol. The third kappa shape index (κ3) is 2.13. The van der Waals surface area contributed by atoms with Crippen LogP contribution in [0.4, 0.5) is 4.39 Å². The zero-order chi connectivity index (χ0) is 10.0. The van der Waals surface area contributed by atoms with Crippen LogP contribution in [-0.2, 0) is 4.79 Å². The lowest BCUT2D eigenvalue weighted by molar-refractivity contribution is -0.138. The Morgan fingerprint density at radius 1 is 1.77 bits per heavy atom. The number of aliphatic carboxylic acids is 1. The van der Waals surface area contributed by atoms with Gasteiger partial charge in [0.25, 0.3) is 0 Å². The van der Waals surface area contributed by atoms with Gasteiger partial charge in [-0.25, -0.2) is 9.37 Å². The maximum absolute atomic E-state index is 12.8. The Balaban J connectivity index is 3.03. The van der Waals surface area contributed by atoms with Crippen molar-refractivity contribution in [1.29, 1.82) is 0 Å². The summed E-state index contributed by atoms with van der Waals surface area (Å²) in [5, 5.41) is 8.18. The number of aromatic nitrogens is 1. The van der Waals surface area contributed by atoms with Crippen molar-refractivity contribution in [3.63, 3.8) is 0 Å². The molecule has 0 saturated carbocycles. The molecule has 0 aliphatic carbocycles. The van der Waals surface area contributed by atoms with Crippen LogP contribution in [0.5, 0.6) is 0 Å². The average Bonchev–Trinajstić information content (AvgIpc) is 2.08. The second-order valence-corrected chi connectivity index (χ2v) is 2.72. The highest BCUT2D eigenvalue weighted by Gasteiger charge is 2.16. The predicted octanol–water partition coefficient (Wildman–Crippen LogP) is 0.958. The molecule has 0 radical (unpaired) electrons. The minimum Gasteiger partial charge on any atom is -0.480 e. The summed E-state index contributed by atoms with van der Waals surface area (Å²) >= 11 is 5.29. The molecule has 4 nitrogen and oxygen atoms in total. The summed E-state index contributed by atoms with van der Waals surface area (Å²) in [5.74, 6) is -2.03. The Kier molecular flexibility index (Phi) is 2.79. The van der Waals surface area contributed by atoms with Crippen molar-refractivity contribution in [3.8, 4) is 0 Å². The molecule has 3 N–H and O–H groups in total. The number of pyridine rings is 1. The standard InChI is InChI=1S/C7H6ClFN2O2/c8-6-4(9)1-3(2-11-6)5(10)7(12)13/h1-2,5H,10H2,(H,12,13). The van der Waals surface area contributed by atoms with Crippen molar-refractivity contribution in [2.45, 2.75) is 6.04 Å². The molecule has 1 aromatic rings. The lowest BCUT2D eigenvalue weighted by atomic mass is 10.1. The number of hydrogen-bond donors (Lipinski definition) is 2. The van der Waals surface area contributed by atoms with Gasteiger partial charge in [-0.1, -0.05) is 11.6 Å². The molecule has 70 valence electrons. The summed E-state index contributed by atoms with van der Waals surface area (Å²) in [6.07, 6.45) is 1.13. The Labute approximate surface area is 78.1 Å². The normalized spacial score (nSPS) is 12.5. The number of rotatable bonds is 2. The van der Waals surface area contributed by atoms with Crippen molar-refractivity contribution >= 4 is 17.6 Å². The zero-order valence-corrected chi connectivity index (χ0v) is 7.12. The monoisotopic (exact) mass is 204 g/mol. The third-order valence-electron chi connectivity index (χ3n) is 1.44. The minimum absolute atomic E-state index is 0.0781. The van der Waals surface area contributed by atoms with Gasteiger partial charge >= 0.3 is 5.97 Å². The fourth-order valence-electron chi connectivity index (χ4n) is 0.749. The van der Waals surface area contributed by atoms with Crippen LogP contribution in [0.15, 0.2) is 12.3 Å². The number of nitrogens with zero attached hydrogens (tertiary/aromatic N) is 1. The van der Waals surface area contributed by atoms with E-state index in [0.717, 1.165) is 12.3 Å². The van der Waals surface area contributed by atoms with Gasteiger partial charge in [0.1, 0.15) is 6.04 Å². The Morgan fingerprint density at radius 3 is 2.85 bits per heavy atom. The molecule has 0 aromatic carbocycles. The minimum atomic E-state index is -1.28. The number of nitrogens with two attached hydrogens (primary N) is 1. The highest BCUT2D eigenvalue weighted by molar-refractivity contribution is 6.29. The highest BCUT2D eigenvalue weighted by atomic mass is 35.5. The molecule has 1 atom stereocenters. The fraction of sp³-hybridized carbons (Fsp3) is 0.143. The Bertz CT molecular complexity index is 345. The molecule has 1 rings (SSSR count). The number of hydrogen-bond acceptors (Lipinski definition) is 3. The van der Waals surface area contributed by atoms with Crippen molar-refractivity contribution in [2.24, 2.45) is 5.73 Å². The van der Waals surface area contributed by atoms with Gasteiger partial charge in [-0.05, 0) is 6.07 Å². The zero-order valence-electron chi connectivity index (χ0n) is 6.37. The van der Waals surface area contributed by atoms with Crippen LogP contribution in [0.25, 0.3) is 0 Å². The molecule has 0 fully saturated rings. The van der Waals surface area contributed by atoms with Gasteiger partial charge in [-0.15, -0.1) is 0 Å². The van der Waals surface area contributed by atoms with E-state index in [1.165, 1.54) is 0 Å². The maximum atomic E-state index is 12.8. The van der Waals surface area contributed by atoms with Crippen molar-refractivity contribution in [2.75, 3.05) is 0 Å². The van der Waals surface area contributed by atoms with E-state index >= 15 is 0 Å². The average molecular weight is 205 g/mol. The van der Waals surface area contributed by atoms with E-state index in [-0.39, 0.29) is 10.7 Å². The van der Waals surface area contributed by atoms with Crippen molar-refractivity contribution in [1.82, 2.24) is 4.98 Å². The Morgan fingerprint density at radius 2 is 2.38 bits per heavy atom. The molecule has 0 spiro atoms. The fourth-order valence-corrected chi connectivity index (χ4v) is 0.852. The first-order valence-electron chi connectivity index (χ1n) is 3.31. The quantitative estimate of drug-likeness (QED) is 0.704. The van der Waals surface area contributed by atoms with Gasteiger partial charge in [0.05, 0.1) is 0 Å². The van der Waals surface area contributed by atoms with E-state index in [2.05, 4.69) is 4.98 Å². The molecule has 0 aliphatic heterocycles. The van der Waals surface area contributed by atoms with Crippen LogP contribution in [0, 0.1) is 5.82 Å². The molecule has 1 heterocycles. The van der Waals surface area contributed by atoms with Crippen molar-refractivity contribution < 1.29 is 14.3 Å². The van der Waals surface area contributed by atoms with Crippen LogP contribution >= 0.6 is 11.6 Å². The molecule has 6 heteroatoms. The summed E-state index contributed by atoms with van der Waals surface area (Å²) in [6.45, 7) is 0. The van der Waals surface area contributed by atoms with Gasteiger partial charge in [-0.2, -0.15) is 0 Å². The molecule has 0 saturated heterocycles. The van der Waals surface area contributed by atoms with Gasteiger partial charge in [0.15, 0.2) is 11.0 Å². The number of carboxylic acids is 1.